The zero-order chi connectivity index (χ0) is 11.0. The summed E-state index contributed by atoms with van der Waals surface area (Å²) in [5.74, 6) is -0.0592. The van der Waals surface area contributed by atoms with Crippen LogP contribution in [0.4, 0.5) is 0 Å². The Balaban J connectivity index is 1.83. The Hall–Kier alpha value is -1.10. The summed E-state index contributed by atoms with van der Waals surface area (Å²) in [6.45, 7) is -0.555. The van der Waals surface area contributed by atoms with Gasteiger partial charge in [0.2, 0.25) is 5.91 Å². The minimum Gasteiger partial charge on any atom is -0.480 e. The molecule has 1 amide bonds. The molecule has 0 aliphatic heterocycles. The van der Waals surface area contributed by atoms with Crippen molar-refractivity contribution in [2.75, 3.05) is 6.61 Å². The molecule has 5 nitrogen and oxygen atoms in total. The maximum Gasteiger partial charge on any atom is 0.328 e. The second-order valence-electron chi connectivity index (χ2n) is 4.51. The molecular formula is C10H15NO4. The van der Waals surface area contributed by atoms with E-state index in [1.165, 1.54) is 6.42 Å². The quantitative estimate of drug-likeness (QED) is 0.592. The first-order chi connectivity index (χ1) is 7.11. The maximum absolute atomic E-state index is 11.6. The molecule has 0 radical (unpaired) electrons. The Morgan fingerprint density at radius 3 is 2.33 bits per heavy atom. The molecule has 0 aromatic carbocycles. The number of fused-ring (bicyclic) bond motifs is 1. The van der Waals surface area contributed by atoms with Gasteiger partial charge in [0.25, 0.3) is 0 Å². The van der Waals surface area contributed by atoms with Gasteiger partial charge in [-0.15, -0.1) is 0 Å². The molecule has 3 N–H and O–H groups in total. The van der Waals surface area contributed by atoms with Crippen LogP contribution in [-0.4, -0.2) is 34.7 Å². The van der Waals surface area contributed by atoms with E-state index in [2.05, 4.69) is 5.32 Å². The molecule has 0 spiro atoms. The Morgan fingerprint density at radius 1 is 1.27 bits per heavy atom. The molecule has 0 aromatic heterocycles. The lowest BCUT2D eigenvalue weighted by Gasteiger charge is -2.16. The van der Waals surface area contributed by atoms with Gasteiger partial charge in [0, 0.05) is 5.92 Å². The molecule has 3 atom stereocenters. The van der Waals surface area contributed by atoms with Crippen LogP contribution in [0.2, 0.25) is 0 Å². The average Bonchev–Trinajstić information content (AvgIpc) is 2.81. The number of aliphatic carboxylic acids is 1. The van der Waals surface area contributed by atoms with E-state index in [1.54, 1.807) is 0 Å². The first-order valence-corrected chi connectivity index (χ1v) is 5.26. The number of rotatable bonds is 4. The van der Waals surface area contributed by atoms with E-state index in [4.69, 9.17) is 10.2 Å². The summed E-state index contributed by atoms with van der Waals surface area (Å²) in [4.78, 5) is 22.2. The zero-order valence-corrected chi connectivity index (χ0v) is 8.35. The number of carboxylic acid groups (broad SMARTS) is 1. The third-order valence-corrected chi connectivity index (χ3v) is 3.41. The minimum atomic E-state index is -1.19. The Morgan fingerprint density at radius 2 is 1.87 bits per heavy atom. The first-order valence-electron chi connectivity index (χ1n) is 5.26. The largest absolute Gasteiger partial charge is 0.480 e. The van der Waals surface area contributed by atoms with Gasteiger partial charge in [-0.25, -0.2) is 4.79 Å². The van der Waals surface area contributed by atoms with Gasteiger partial charge in [-0.3, -0.25) is 4.79 Å². The Labute approximate surface area is 87.5 Å². The summed E-state index contributed by atoms with van der Waals surface area (Å²) in [5, 5.41) is 19.8. The van der Waals surface area contributed by atoms with E-state index in [1.807, 2.05) is 0 Å². The predicted octanol–water partition coefficient (Wildman–Crippen LogP) is -0.406. The molecule has 84 valence electrons. The lowest BCUT2D eigenvalue weighted by Crippen LogP contribution is -2.45. The molecule has 2 rings (SSSR count). The summed E-state index contributed by atoms with van der Waals surface area (Å²) in [5.41, 5.74) is 0. The van der Waals surface area contributed by atoms with Gasteiger partial charge < -0.3 is 15.5 Å². The smallest absolute Gasteiger partial charge is 0.328 e. The van der Waals surface area contributed by atoms with Crippen LogP contribution in [-0.2, 0) is 9.59 Å². The number of hydrogen-bond donors (Lipinski definition) is 3. The fourth-order valence-corrected chi connectivity index (χ4v) is 2.40. The van der Waals surface area contributed by atoms with E-state index >= 15 is 0 Å². The van der Waals surface area contributed by atoms with E-state index in [-0.39, 0.29) is 11.8 Å². The molecule has 2 saturated carbocycles. The van der Waals surface area contributed by atoms with E-state index in [9.17, 15) is 9.59 Å². The van der Waals surface area contributed by atoms with Crippen molar-refractivity contribution >= 4 is 11.9 Å². The van der Waals surface area contributed by atoms with Crippen molar-refractivity contribution in [3.63, 3.8) is 0 Å². The van der Waals surface area contributed by atoms with Crippen LogP contribution in [0, 0.1) is 17.8 Å². The second kappa shape index (κ2) is 3.81. The number of amides is 1. The fraction of sp³-hybridized carbons (Fsp3) is 0.800. The number of carbonyl (C=O) groups excluding carboxylic acids is 1. The Kier molecular flexibility index (Phi) is 2.65. The number of aliphatic hydroxyl groups excluding tert-OH is 1. The van der Waals surface area contributed by atoms with Crippen molar-refractivity contribution in [2.24, 2.45) is 17.8 Å². The monoisotopic (exact) mass is 213 g/mol. The summed E-state index contributed by atoms with van der Waals surface area (Å²) < 4.78 is 0. The highest BCUT2D eigenvalue weighted by molar-refractivity contribution is 5.85. The second-order valence-corrected chi connectivity index (χ2v) is 4.51. The van der Waals surface area contributed by atoms with Crippen LogP contribution in [0.1, 0.15) is 19.3 Å². The lowest BCUT2D eigenvalue weighted by atomic mass is 10.0. The third kappa shape index (κ3) is 2.12. The molecule has 5 heteroatoms. The van der Waals surface area contributed by atoms with Gasteiger partial charge in [0.15, 0.2) is 0 Å². The topological polar surface area (TPSA) is 86.6 Å². The third-order valence-electron chi connectivity index (χ3n) is 3.41. The van der Waals surface area contributed by atoms with Gasteiger partial charge >= 0.3 is 5.97 Å². The van der Waals surface area contributed by atoms with Crippen LogP contribution in [0.5, 0.6) is 0 Å². The summed E-state index contributed by atoms with van der Waals surface area (Å²) in [6, 6.07) is -1.16. The normalized spacial score (nSPS) is 34.3. The number of nitrogens with one attached hydrogen (secondary N) is 1. The number of hydrogen-bond acceptors (Lipinski definition) is 3. The zero-order valence-electron chi connectivity index (χ0n) is 8.35. The summed E-state index contributed by atoms with van der Waals surface area (Å²) in [6.07, 6.45) is 2.99. The molecule has 0 bridgehead atoms. The van der Waals surface area contributed by atoms with Crippen LogP contribution < -0.4 is 5.32 Å². The maximum atomic E-state index is 11.6. The molecule has 0 heterocycles. The minimum absolute atomic E-state index is 0.0397. The molecule has 2 aliphatic rings. The summed E-state index contributed by atoms with van der Waals surface area (Å²) in [7, 11) is 0. The van der Waals surface area contributed by atoms with Crippen molar-refractivity contribution in [3.8, 4) is 0 Å². The van der Waals surface area contributed by atoms with Crippen molar-refractivity contribution < 1.29 is 19.8 Å². The SMILES string of the molecule is O=C(N[C@H](CO)C(=O)O)C1CC2CC2C1. The van der Waals surface area contributed by atoms with Gasteiger partial charge in [-0.1, -0.05) is 0 Å². The van der Waals surface area contributed by atoms with Crippen LogP contribution in [0.15, 0.2) is 0 Å². The molecule has 2 fully saturated rings. The van der Waals surface area contributed by atoms with Crippen molar-refractivity contribution in [1.29, 1.82) is 0 Å². The van der Waals surface area contributed by atoms with Crippen molar-refractivity contribution in [1.82, 2.24) is 5.32 Å². The molecule has 0 saturated heterocycles. The van der Waals surface area contributed by atoms with Crippen molar-refractivity contribution in [2.45, 2.75) is 25.3 Å². The molecule has 15 heavy (non-hydrogen) atoms. The average molecular weight is 213 g/mol. The van der Waals surface area contributed by atoms with Gasteiger partial charge in [0.05, 0.1) is 6.61 Å². The fourth-order valence-electron chi connectivity index (χ4n) is 2.40. The number of carboxylic acids is 1. The number of carbonyl (C=O) groups is 2. The van der Waals surface area contributed by atoms with Gasteiger partial charge in [-0.05, 0) is 31.1 Å². The van der Waals surface area contributed by atoms with Crippen LogP contribution in [0.25, 0.3) is 0 Å². The van der Waals surface area contributed by atoms with E-state index in [0.717, 1.165) is 12.8 Å². The molecule has 2 unspecified atom stereocenters. The molecular weight excluding hydrogens is 198 g/mol. The predicted molar refractivity (Wildman–Crippen MR) is 51.0 cm³/mol. The highest BCUT2D eigenvalue weighted by Gasteiger charge is 2.48. The molecule has 2 aliphatic carbocycles. The van der Waals surface area contributed by atoms with Crippen LogP contribution in [0.3, 0.4) is 0 Å². The lowest BCUT2D eigenvalue weighted by molar-refractivity contribution is -0.143. The van der Waals surface area contributed by atoms with E-state index < -0.39 is 18.6 Å². The van der Waals surface area contributed by atoms with Crippen LogP contribution >= 0.6 is 0 Å². The summed E-state index contributed by atoms with van der Waals surface area (Å²) >= 11 is 0. The number of aliphatic hydroxyl groups is 1. The highest BCUT2D eigenvalue weighted by atomic mass is 16.4. The molecule has 0 aromatic rings. The van der Waals surface area contributed by atoms with Gasteiger partial charge in [-0.2, -0.15) is 0 Å². The standard InChI is InChI=1S/C10H15NO4/c12-4-8(10(14)15)11-9(13)7-2-5-1-6(5)3-7/h5-8,12H,1-4H2,(H,11,13)(H,14,15)/t5?,6?,7?,8-/m1/s1. The highest BCUT2D eigenvalue weighted by Crippen LogP contribution is 2.54. The van der Waals surface area contributed by atoms with E-state index in [0.29, 0.717) is 11.8 Å². The van der Waals surface area contributed by atoms with Crippen molar-refractivity contribution in [3.05, 3.63) is 0 Å². The Bertz CT molecular complexity index is 281. The van der Waals surface area contributed by atoms with Gasteiger partial charge in [0.1, 0.15) is 6.04 Å². The first kappa shape index (κ1) is 10.4.